The number of ether oxygens (including phenoxy) is 1. The Morgan fingerprint density at radius 1 is 1.30 bits per heavy atom. The summed E-state index contributed by atoms with van der Waals surface area (Å²) in [4.78, 5) is 2.14. The van der Waals surface area contributed by atoms with Crippen LogP contribution in [0.3, 0.4) is 0 Å². The predicted molar refractivity (Wildman–Crippen MR) is 110 cm³/mol. The van der Waals surface area contributed by atoms with E-state index in [9.17, 15) is 5.11 Å². The third-order valence-electron chi connectivity index (χ3n) is 6.94. The highest BCUT2D eigenvalue weighted by molar-refractivity contribution is 7.16. The summed E-state index contributed by atoms with van der Waals surface area (Å²) in [6.45, 7) is 2.73. The van der Waals surface area contributed by atoms with Gasteiger partial charge in [-0.15, -0.1) is 5.10 Å². The second kappa shape index (κ2) is 6.01. The predicted octanol–water partition coefficient (Wildman–Crippen LogP) is 3.36. The van der Waals surface area contributed by atoms with Crippen molar-refractivity contribution >= 4 is 11.3 Å². The molecular formula is C21H22FN5O2S. The molecule has 1 aliphatic heterocycles. The Bertz CT molecular complexity index is 1150. The molecule has 30 heavy (non-hydrogen) atoms. The maximum absolute atomic E-state index is 15.0. The number of nitrogens with zero attached hydrogens (tertiary/aromatic N) is 5. The first-order valence-corrected chi connectivity index (χ1v) is 10.9. The number of piperidine rings is 1. The number of hydrogen-bond acceptors (Lipinski definition) is 7. The van der Waals surface area contributed by atoms with Crippen molar-refractivity contribution in [2.45, 2.75) is 44.0 Å². The highest BCUT2D eigenvalue weighted by atomic mass is 32.1. The topological polar surface area (TPSA) is 76.3 Å². The summed E-state index contributed by atoms with van der Waals surface area (Å²) >= 11 is 1.30. The van der Waals surface area contributed by atoms with Gasteiger partial charge in [-0.05, 0) is 45.0 Å². The molecule has 0 spiro atoms. The van der Waals surface area contributed by atoms with E-state index in [-0.39, 0.29) is 23.3 Å². The average molecular weight is 428 g/mol. The summed E-state index contributed by atoms with van der Waals surface area (Å²) in [5.41, 5.74) is 1.02. The normalized spacial score (nSPS) is 32.2. The quantitative estimate of drug-likeness (QED) is 0.688. The van der Waals surface area contributed by atoms with Crippen molar-refractivity contribution in [1.82, 2.24) is 24.9 Å². The zero-order chi connectivity index (χ0) is 20.7. The summed E-state index contributed by atoms with van der Waals surface area (Å²) in [7, 11) is 2.00. The number of alkyl halides is 1. The zero-order valence-corrected chi connectivity index (χ0v) is 17.6. The van der Waals surface area contributed by atoms with Crippen LogP contribution in [0.4, 0.5) is 4.39 Å². The van der Waals surface area contributed by atoms with E-state index in [4.69, 9.17) is 4.74 Å². The number of benzene rings is 1. The van der Waals surface area contributed by atoms with Crippen molar-refractivity contribution in [2.24, 2.45) is 5.41 Å². The lowest BCUT2D eigenvalue weighted by Gasteiger charge is -2.30. The van der Waals surface area contributed by atoms with Crippen LogP contribution in [0, 0.1) is 12.3 Å². The number of phenolic OH excluding ortho intramolecular Hbond substituents is 1. The lowest BCUT2D eigenvalue weighted by molar-refractivity contribution is 0.0636. The number of phenols is 1. The van der Waals surface area contributed by atoms with Gasteiger partial charge in [-0.2, -0.15) is 5.10 Å². The summed E-state index contributed by atoms with van der Waals surface area (Å²) in [5.74, 6) is 0.111. The minimum absolute atomic E-state index is 0.0499. The fourth-order valence-corrected chi connectivity index (χ4v) is 6.28. The van der Waals surface area contributed by atoms with Crippen molar-refractivity contribution in [3.05, 3.63) is 36.2 Å². The van der Waals surface area contributed by atoms with Gasteiger partial charge in [0.1, 0.15) is 17.5 Å². The molecule has 6 rings (SSSR count). The second-order valence-electron chi connectivity index (χ2n) is 8.91. The number of aryl methyl sites for hydroxylation is 1. The van der Waals surface area contributed by atoms with Crippen LogP contribution in [0.25, 0.3) is 16.3 Å². The van der Waals surface area contributed by atoms with Gasteiger partial charge in [-0.3, -0.25) is 4.90 Å². The molecule has 3 fully saturated rings. The molecule has 4 unspecified atom stereocenters. The van der Waals surface area contributed by atoms with Crippen molar-refractivity contribution in [1.29, 1.82) is 0 Å². The largest absolute Gasteiger partial charge is 0.507 e. The van der Waals surface area contributed by atoms with Gasteiger partial charge in [0, 0.05) is 36.7 Å². The second-order valence-corrected chi connectivity index (χ2v) is 9.85. The van der Waals surface area contributed by atoms with Gasteiger partial charge in [-0.25, -0.2) is 9.07 Å². The van der Waals surface area contributed by atoms with Crippen LogP contribution >= 0.6 is 11.3 Å². The Balaban J connectivity index is 1.20. The SMILES string of the molecule is Cc1ccn(-c2ccc(-c3nnc(OC4CC5N(C)CC6(C4)CC56F)s3)c(O)c2)n1. The number of rotatable bonds is 4. The Kier molecular flexibility index (Phi) is 3.66. The fraction of sp³-hybridized carbons (Fsp3) is 0.476. The van der Waals surface area contributed by atoms with Crippen LogP contribution < -0.4 is 4.74 Å². The number of aromatic nitrogens is 4. The molecule has 0 amide bonds. The van der Waals surface area contributed by atoms with E-state index >= 15 is 4.39 Å². The molecule has 7 nitrogen and oxygen atoms in total. The smallest absolute Gasteiger partial charge is 0.294 e. The standard InChI is InChI=1S/C21H22FN5O2S/c1-12-5-6-27(25-12)13-3-4-15(16(28)7-13)18-23-24-19(30-18)29-14-8-17-21(22)10-20(21,9-14)11-26(17)2/h3-7,14,17,28H,8-11H2,1-2H3. The Hall–Kier alpha value is -2.52. The van der Waals surface area contributed by atoms with E-state index in [1.54, 1.807) is 10.7 Å². The van der Waals surface area contributed by atoms with E-state index in [0.717, 1.165) is 24.3 Å². The Morgan fingerprint density at radius 2 is 2.17 bits per heavy atom. The zero-order valence-electron chi connectivity index (χ0n) is 16.7. The van der Waals surface area contributed by atoms with Crippen LogP contribution in [0.15, 0.2) is 30.5 Å². The molecule has 1 saturated heterocycles. The van der Waals surface area contributed by atoms with E-state index in [0.29, 0.717) is 28.6 Å². The maximum atomic E-state index is 15.0. The number of hydrogen-bond donors (Lipinski definition) is 1. The molecule has 0 radical (unpaired) electrons. The molecule has 156 valence electrons. The van der Waals surface area contributed by atoms with Crippen LogP contribution in [0.5, 0.6) is 10.9 Å². The summed E-state index contributed by atoms with van der Waals surface area (Å²) < 4.78 is 22.8. The van der Waals surface area contributed by atoms with Gasteiger partial charge < -0.3 is 9.84 Å². The molecule has 2 bridgehead atoms. The Morgan fingerprint density at radius 3 is 2.90 bits per heavy atom. The summed E-state index contributed by atoms with van der Waals surface area (Å²) in [5, 5.41) is 24.3. The lowest BCUT2D eigenvalue weighted by Crippen LogP contribution is -2.41. The molecule has 3 aromatic rings. The third kappa shape index (κ3) is 2.54. The molecule has 2 aliphatic carbocycles. The lowest BCUT2D eigenvalue weighted by atomic mass is 9.86. The molecule has 2 saturated carbocycles. The number of likely N-dealkylation sites (tertiary alicyclic amines) is 1. The average Bonchev–Trinajstić information content (AvgIpc) is 3.01. The van der Waals surface area contributed by atoms with Crippen LogP contribution in [0.1, 0.15) is 25.0 Å². The molecule has 3 heterocycles. The van der Waals surface area contributed by atoms with Crippen molar-refractivity contribution < 1.29 is 14.2 Å². The van der Waals surface area contributed by atoms with Gasteiger partial charge in [0.05, 0.1) is 16.9 Å². The molecule has 3 aliphatic rings. The first-order valence-electron chi connectivity index (χ1n) is 10.1. The molecule has 2 aromatic heterocycles. The van der Waals surface area contributed by atoms with E-state index in [1.807, 2.05) is 38.4 Å². The molecule has 9 heteroatoms. The third-order valence-corrected chi connectivity index (χ3v) is 7.79. The molecule has 1 N–H and O–H groups in total. The van der Waals surface area contributed by atoms with Gasteiger partial charge >= 0.3 is 0 Å². The highest BCUT2D eigenvalue weighted by Gasteiger charge is 2.80. The Labute approximate surface area is 177 Å². The van der Waals surface area contributed by atoms with Crippen LogP contribution in [-0.2, 0) is 0 Å². The highest BCUT2D eigenvalue weighted by Crippen LogP contribution is 2.72. The first-order chi connectivity index (χ1) is 14.4. The molecule has 1 aromatic carbocycles. The van der Waals surface area contributed by atoms with Gasteiger partial charge in [0.2, 0.25) is 0 Å². The summed E-state index contributed by atoms with van der Waals surface area (Å²) in [6, 6.07) is 7.19. The maximum Gasteiger partial charge on any atom is 0.294 e. The molecular weight excluding hydrogens is 405 g/mol. The fourth-order valence-electron chi connectivity index (χ4n) is 5.49. The van der Waals surface area contributed by atoms with E-state index in [1.165, 1.54) is 11.3 Å². The first kappa shape index (κ1) is 18.3. The van der Waals surface area contributed by atoms with Crippen molar-refractivity contribution in [3.8, 4) is 27.2 Å². The van der Waals surface area contributed by atoms with Gasteiger partial charge in [0.25, 0.3) is 5.19 Å². The van der Waals surface area contributed by atoms with Crippen LogP contribution in [0.2, 0.25) is 0 Å². The van der Waals surface area contributed by atoms with Crippen LogP contribution in [-0.4, -0.2) is 61.4 Å². The van der Waals surface area contributed by atoms with Crippen molar-refractivity contribution in [2.75, 3.05) is 13.6 Å². The minimum Gasteiger partial charge on any atom is -0.507 e. The monoisotopic (exact) mass is 427 g/mol. The minimum atomic E-state index is -1.02. The summed E-state index contributed by atoms with van der Waals surface area (Å²) in [6.07, 6.45) is 3.86. The number of halogens is 1. The van der Waals surface area contributed by atoms with Gasteiger partial charge in [-0.1, -0.05) is 16.4 Å². The van der Waals surface area contributed by atoms with E-state index < -0.39 is 5.67 Å². The van der Waals surface area contributed by atoms with E-state index in [2.05, 4.69) is 20.2 Å². The van der Waals surface area contributed by atoms with Gasteiger partial charge in [0.15, 0.2) is 5.01 Å². The number of aromatic hydroxyl groups is 1. The van der Waals surface area contributed by atoms with Crippen molar-refractivity contribution in [3.63, 3.8) is 0 Å². The molecule has 4 atom stereocenters.